The Balaban J connectivity index is 1.66. The number of para-hydroxylation sites is 2. The number of hydrogen-bond acceptors (Lipinski definition) is 5. The molecule has 0 saturated carbocycles. The van der Waals surface area contributed by atoms with Gasteiger partial charge in [0.15, 0.2) is 5.03 Å². The molecule has 0 aliphatic carbocycles. The van der Waals surface area contributed by atoms with Crippen molar-refractivity contribution < 1.29 is 9.21 Å². The number of fused-ring (bicyclic) bond motifs is 1. The third kappa shape index (κ3) is 3.51. The molecule has 2 aromatic heterocycles. The number of nitrogens with zero attached hydrogens (tertiary/aromatic N) is 2. The summed E-state index contributed by atoms with van der Waals surface area (Å²) in [5, 5.41) is 3.08. The van der Waals surface area contributed by atoms with Crippen LogP contribution in [0.5, 0.6) is 0 Å². The number of rotatable bonds is 5. The molecule has 1 aromatic carbocycles. The number of aromatic nitrogens is 2. The molecule has 3 aromatic rings. The van der Waals surface area contributed by atoms with Crippen LogP contribution in [0.2, 0.25) is 0 Å². The number of aryl methyl sites for hydroxylation is 2. The number of benzene rings is 1. The molecular formula is C17H17N3O3S. The minimum absolute atomic E-state index is 0.125. The predicted molar refractivity (Wildman–Crippen MR) is 93.0 cm³/mol. The summed E-state index contributed by atoms with van der Waals surface area (Å²) in [5.74, 6) is 1.45. The van der Waals surface area contributed by atoms with E-state index in [1.54, 1.807) is 11.6 Å². The van der Waals surface area contributed by atoms with E-state index < -0.39 is 0 Å². The fraction of sp³-hybridized carbons (Fsp3) is 0.235. The minimum atomic E-state index is -0.201. The van der Waals surface area contributed by atoms with E-state index in [9.17, 15) is 9.59 Å². The van der Waals surface area contributed by atoms with Crippen LogP contribution in [0.15, 0.2) is 50.6 Å². The molecule has 2 heterocycles. The van der Waals surface area contributed by atoms with Crippen molar-refractivity contribution in [3.8, 4) is 0 Å². The zero-order chi connectivity index (χ0) is 17.1. The van der Waals surface area contributed by atoms with E-state index in [1.165, 1.54) is 0 Å². The van der Waals surface area contributed by atoms with Gasteiger partial charge in [-0.1, -0.05) is 23.9 Å². The summed E-state index contributed by atoms with van der Waals surface area (Å²) < 4.78 is 6.94. The largest absolute Gasteiger partial charge is 0.465 e. The van der Waals surface area contributed by atoms with Gasteiger partial charge in [0.25, 0.3) is 5.56 Å². The van der Waals surface area contributed by atoms with Crippen LogP contribution in [0.4, 0.5) is 0 Å². The zero-order valence-electron chi connectivity index (χ0n) is 13.4. The van der Waals surface area contributed by atoms with E-state index >= 15 is 0 Å². The number of thioether (sulfide) groups is 1. The molecule has 0 atom stereocenters. The van der Waals surface area contributed by atoms with E-state index in [0.717, 1.165) is 28.6 Å². The summed E-state index contributed by atoms with van der Waals surface area (Å²) in [4.78, 5) is 28.6. The molecule has 0 spiro atoms. The van der Waals surface area contributed by atoms with E-state index in [-0.39, 0.29) is 17.2 Å². The van der Waals surface area contributed by atoms with E-state index in [2.05, 4.69) is 10.3 Å². The lowest BCUT2D eigenvalue weighted by Gasteiger charge is -2.07. The van der Waals surface area contributed by atoms with Crippen molar-refractivity contribution in [2.75, 3.05) is 5.75 Å². The molecule has 0 aliphatic rings. The van der Waals surface area contributed by atoms with Crippen LogP contribution >= 0.6 is 11.8 Å². The maximum atomic E-state index is 12.3. The average molecular weight is 343 g/mol. The van der Waals surface area contributed by atoms with Gasteiger partial charge >= 0.3 is 0 Å². The van der Waals surface area contributed by atoms with Gasteiger partial charge in [0.2, 0.25) is 5.91 Å². The second kappa shape index (κ2) is 6.92. The van der Waals surface area contributed by atoms with Gasteiger partial charge in [0.05, 0.1) is 23.3 Å². The number of furan rings is 1. The second-order valence-electron chi connectivity index (χ2n) is 5.35. The normalized spacial score (nSPS) is 10.9. The maximum Gasteiger partial charge on any atom is 0.283 e. The monoisotopic (exact) mass is 343 g/mol. The second-order valence-corrected chi connectivity index (χ2v) is 6.31. The van der Waals surface area contributed by atoms with Gasteiger partial charge in [-0.05, 0) is 31.2 Å². The Morgan fingerprint density at radius 3 is 2.83 bits per heavy atom. The molecule has 0 bridgehead atoms. The van der Waals surface area contributed by atoms with E-state index in [4.69, 9.17) is 4.42 Å². The standard InChI is InChI=1S/C17H17N3O3S/c1-11-7-8-12(23-11)9-18-15(21)10-24-16-17(22)20(2)14-6-4-3-5-13(14)19-16/h3-8H,9-10H2,1-2H3,(H,18,21). The first kappa shape index (κ1) is 16.3. The van der Waals surface area contributed by atoms with Gasteiger partial charge in [-0.15, -0.1) is 0 Å². The zero-order valence-corrected chi connectivity index (χ0v) is 14.2. The molecule has 7 heteroatoms. The first-order valence-corrected chi connectivity index (χ1v) is 8.44. The van der Waals surface area contributed by atoms with Gasteiger partial charge in [0, 0.05) is 7.05 Å². The maximum absolute atomic E-state index is 12.3. The lowest BCUT2D eigenvalue weighted by molar-refractivity contribution is -0.118. The molecule has 0 unspecified atom stereocenters. The molecule has 0 aliphatic heterocycles. The summed E-state index contributed by atoms with van der Waals surface area (Å²) >= 11 is 1.14. The van der Waals surface area contributed by atoms with E-state index in [1.807, 2.05) is 43.3 Å². The van der Waals surface area contributed by atoms with Gasteiger partial charge in [-0.2, -0.15) is 0 Å². The van der Waals surface area contributed by atoms with Gasteiger partial charge in [0.1, 0.15) is 11.5 Å². The number of hydrogen-bond donors (Lipinski definition) is 1. The van der Waals surface area contributed by atoms with Crippen LogP contribution in [-0.2, 0) is 18.4 Å². The highest BCUT2D eigenvalue weighted by Gasteiger charge is 2.11. The predicted octanol–water partition coefficient (Wildman–Crippen LogP) is 2.24. The lowest BCUT2D eigenvalue weighted by atomic mass is 10.3. The first-order chi connectivity index (χ1) is 11.5. The van der Waals surface area contributed by atoms with E-state index in [0.29, 0.717) is 17.3 Å². The van der Waals surface area contributed by atoms with Gasteiger partial charge in [-0.25, -0.2) is 4.98 Å². The summed E-state index contributed by atoms with van der Waals surface area (Å²) in [6, 6.07) is 11.1. The fourth-order valence-electron chi connectivity index (χ4n) is 2.30. The molecule has 0 saturated heterocycles. The number of nitrogens with one attached hydrogen (secondary N) is 1. The number of carbonyl (C=O) groups is 1. The van der Waals surface area contributed by atoms with Gasteiger partial charge < -0.3 is 14.3 Å². The number of amides is 1. The molecule has 1 N–H and O–H groups in total. The summed E-state index contributed by atoms with van der Waals surface area (Å²) in [6.07, 6.45) is 0. The van der Waals surface area contributed by atoms with Crippen molar-refractivity contribution in [2.24, 2.45) is 7.05 Å². The highest BCUT2D eigenvalue weighted by atomic mass is 32.2. The third-order valence-corrected chi connectivity index (χ3v) is 4.49. The van der Waals surface area contributed by atoms with Crippen molar-refractivity contribution >= 4 is 28.7 Å². The van der Waals surface area contributed by atoms with Crippen molar-refractivity contribution in [3.05, 3.63) is 58.3 Å². The van der Waals surface area contributed by atoms with Crippen LogP contribution in [0, 0.1) is 6.92 Å². The lowest BCUT2D eigenvalue weighted by Crippen LogP contribution is -2.26. The molecule has 6 nitrogen and oxygen atoms in total. The van der Waals surface area contributed by atoms with Crippen molar-refractivity contribution in [3.63, 3.8) is 0 Å². The minimum Gasteiger partial charge on any atom is -0.465 e. The van der Waals surface area contributed by atoms with Crippen molar-refractivity contribution in [1.82, 2.24) is 14.9 Å². The Bertz CT molecular complexity index is 946. The molecule has 1 amide bonds. The van der Waals surface area contributed by atoms with Crippen LogP contribution in [0.25, 0.3) is 11.0 Å². The van der Waals surface area contributed by atoms with Crippen LogP contribution < -0.4 is 10.9 Å². The highest BCUT2D eigenvalue weighted by Crippen LogP contribution is 2.15. The Morgan fingerprint density at radius 2 is 2.08 bits per heavy atom. The quantitative estimate of drug-likeness (QED) is 0.719. The molecule has 24 heavy (non-hydrogen) atoms. The Morgan fingerprint density at radius 1 is 1.29 bits per heavy atom. The van der Waals surface area contributed by atoms with Gasteiger partial charge in [-0.3, -0.25) is 9.59 Å². The topological polar surface area (TPSA) is 77.1 Å². The summed E-state index contributed by atoms with van der Waals surface area (Å²) in [5.41, 5.74) is 1.30. The highest BCUT2D eigenvalue weighted by molar-refractivity contribution is 7.99. The molecule has 3 rings (SSSR count). The van der Waals surface area contributed by atoms with Crippen molar-refractivity contribution in [1.29, 1.82) is 0 Å². The Hall–Kier alpha value is -2.54. The van der Waals surface area contributed by atoms with Crippen LogP contribution in [-0.4, -0.2) is 21.2 Å². The molecule has 124 valence electrons. The third-order valence-electron chi connectivity index (χ3n) is 3.55. The van der Waals surface area contributed by atoms with Crippen LogP contribution in [0.1, 0.15) is 11.5 Å². The molecule has 0 fully saturated rings. The average Bonchev–Trinajstić information content (AvgIpc) is 3.00. The first-order valence-electron chi connectivity index (χ1n) is 7.45. The Labute approximate surface area is 142 Å². The SMILES string of the molecule is Cc1ccc(CNC(=O)CSc2nc3ccccc3n(C)c2=O)o1. The van der Waals surface area contributed by atoms with Crippen molar-refractivity contribution in [2.45, 2.75) is 18.5 Å². The summed E-state index contributed by atoms with van der Waals surface area (Å²) in [7, 11) is 1.70. The smallest absolute Gasteiger partial charge is 0.283 e. The molecular weight excluding hydrogens is 326 g/mol. The van der Waals surface area contributed by atoms with Crippen LogP contribution in [0.3, 0.4) is 0 Å². The Kier molecular flexibility index (Phi) is 4.71. The number of carbonyl (C=O) groups excluding carboxylic acids is 1. The summed E-state index contributed by atoms with van der Waals surface area (Å²) in [6.45, 7) is 2.18. The molecule has 0 radical (unpaired) electrons. The fourth-order valence-corrected chi connectivity index (χ4v) is 3.09.